The minimum Gasteiger partial charge on any atom is -0.303 e. The normalized spacial score (nSPS) is 15.9. The number of benzene rings is 2. The van der Waals surface area contributed by atoms with E-state index in [9.17, 15) is 22.4 Å². The average Bonchev–Trinajstić information content (AvgIpc) is 2.95. The third-order valence-electron chi connectivity index (χ3n) is 5.94. The molecule has 2 aromatic carbocycles. The second-order valence-electron chi connectivity index (χ2n) is 8.39. The SMILES string of the molecule is CCN(CC)Cc1ccc(N2C(=S)N(c3ccc(C#N)c(C(F)(F)F)c3)C(=O)C2(C)C)cc1F. The fourth-order valence-corrected chi connectivity index (χ4v) is 4.47. The van der Waals surface area contributed by atoms with Crippen molar-refractivity contribution in [2.75, 3.05) is 22.9 Å². The molecule has 5 nitrogen and oxygen atoms in total. The first kappa shape index (κ1) is 25.6. The zero-order valence-electron chi connectivity index (χ0n) is 19.2. The van der Waals surface area contributed by atoms with E-state index in [0.29, 0.717) is 17.8 Å². The van der Waals surface area contributed by atoms with Crippen molar-refractivity contribution in [3.8, 4) is 6.07 Å². The van der Waals surface area contributed by atoms with Gasteiger partial charge in [0.25, 0.3) is 5.91 Å². The minimum atomic E-state index is -4.79. The van der Waals surface area contributed by atoms with Gasteiger partial charge in [-0.1, -0.05) is 19.9 Å². The zero-order valence-corrected chi connectivity index (χ0v) is 20.0. The van der Waals surface area contributed by atoms with Gasteiger partial charge in [0.15, 0.2) is 5.11 Å². The molecule has 34 heavy (non-hydrogen) atoms. The van der Waals surface area contributed by atoms with Crippen molar-refractivity contribution in [1.29, 1.82) is 5.26 Å². The second-order valence-corrected chi connectivity index (χ2v) is 8.76. The van der Waals surface area contributed by atoms with Crippen molar-refractivity contribution in [1.82, 2.24) is 4.90 Å². The maximum absolute atomic E-state index is 14.9. The predicted octanol–water partition coefficient (Wildman–Crippen LogP) is 5.47. The largest absolute Gasteiger partial charge is 0.417 e. The highest BCUT2D eigenvalue weighted by atomic mass is 32.1. The first-order valence-corrected chi connectivity index (χ1v) is 11.1. The Morgan fingerprint density at radius 1 is 1.09 bits per heavy atom. The number of carbonyl (C=O) groups excluding carboxylic acids is 1. The number of hydrogen-bond acceptors (Lipinski definition) is 4. The van der Waals surface area contributed by atoms with Crippen LogP contribution in [0.3, 0.4) is 0 Å². The third kappa shape index (κ3) is 4.50. The number of carbonyl (C=O) groups is 1. The van der Waals surface area contributed by atoms with Gasteiger partial charge in [0.2, 0.25) is 0 Å². The molecular weight excluding hydrogens is 468 g/mol. The number of thiocarbonyl (C=S) groups is 1. The summed E-state index contributed by atoms with van der Waals surface area (Å²) < 4.78 is 55.4. The Labute approximate surface area is 201 Å². The number of halogens is 4. The number of nitriles is 1. The first-order valence-electron chi connectivity index (χ1n) is 10.7. The molecule has 3 rings (SSSR count). The lowest BCUT2D eigenvalue weighted by Crippen LogP contribution is -2.44. The Morgan fingerprint density at radius 3 is 2.24 bits per heavy atom. The second kappa shape index (κ2) is 9.31. The van der Waals surface area contributed by atoms with Gasteiger partial charge in [-0.25, -0.2) is 4.39 Å². The van der Waals surface area contributed by atoms with Gasteiger partial charge in [-0.3, -0.25) is 14.6 Å². The summed E-state index contributed by atoms with van der Waals surface area (Å²) in [7, 11) is 0. The summed E-state index contributed by atoms with van der Waals surface area (Å²) in [6.45, 7) is 9.03. The van der Waals surface area contributed by atoms with Crippen molar-refractivity contribution < 1.29 is 22.4 Å². The van der Waals surface area contributed by atoms with Crippen LogP contribution in [0.4, 0.5) is 28.9 Å². The molecule has 1 fully saturated rings. The van der Waals surface area contributed by atoms with E-state index < -0.39 is 34.6 Å². The molecule has 1 aliphatic heterocycles. The average molecular weight is 493 g/mol. The highest BCUT2D eigenvalue weighted by molar-refractivity contribution is 7.81. The summed E-state index contributed by atoms with van der Waals surface area (Å²) in [4.78, 5) is 17.7. The molecule has 1 amide bonds. The Bertz CT molecular complexity index is 1170. The Balaban J connectivity index is 2.02. The van der Waals surface area contributed by atoms with Gasteiger partial charge in [0.05, 0.1) is 22.9 Å². The standard InChI is InChI=1S/C24H24F4N4OS/c1-5-30(6-2)14-16-8-10-18(12-20(16)25)32-22(34)31(21(33)23(32,3)4)17-9-7-15(13-29)19(11-17)24(26,27)28/h7-12H,5-6,14H2,1-4H3. The molecule has 2 aromatic rings. The van der Waals surface area contributed by atoms with Crippen molar-refractivity contribution in [2.45, 2.75) is 46.0 Å². The van der Waals surface area contributed by atoms with Crippen LogP contribution in [-0.4, -0.2) is 34.5 Å². The fraction of sp³-hybridized carbons (Fsp3) is 0.375. The van der Waals surface area contributed by atoms with Crippen molar-refractivity contribution in [2.24, 2.45) is 0 Å². The smallest absolute Gasteiger partial charge is 0.303 e. The molecule has 1 saturated heterocycles. The van der Waals surface area contributed by atoms with Gasteiger partial charge < -0.3 is 4.90 Å². The van der Waals surface area contributed by atoms with E-state index in [1.807, 2.05) is 13.8 Å². The quantitative estimate of drug-likeness (QED) is 0.395. The molecule has 0 spiro atoms. The summed E-state index contributed by atoms with van der Waals surface area (Å²) >= 11 is 5.49. The molecular formula is C24H24F4N4OS. The lowest BCUT2D eigenvalue weighted by atomic mass is 10.0. The number of alkyl halides is 3. The lowest BCUT2D eigenvalue weighted by molar-refractivity contribution is -0.137. The van der Waals surface area contributed by atoms with Gasteiger partial charge >= 0.3 is 6.18 Å². The summed E-state index contributed by atoms with van der Waals surface area (Å²) in [5.41, 5.74) is -2.31. The predicted molar refractivity (Wildman–Crippen MR) is 126 cm³/mol. The van der Waals surface area contributed by atoms with Crippen LogP contribution in [0.5, 0.6) is 0 Å². The topological polar surface area (TPSA) is 50.6 Å². The highest BCUT2D eigenvalue weighted by Crippen LogP contribution is 2.40. The molecule has 0 aliphatic carbocycles. The number of hydrogen-bond donors (Lipinski definition) is 0. The van der Waals surface area contributed by atoms with Gasteiger partial charge in [-0.05, 0) is 69.5 Å². The molecule has 0 saturated carbocycles. The highest BCUT2D eigenvalue weighted by Gasteiger charge is 2.50. The van der Waals surface area contributed by atoms with Crippen molar-refractivity contribution >= 4 is 34.6 Å². The van der Waals surface area contributed by atoms with E-state index in [-0.39, 0.29) is 10.8 Å². The van der Waals surface area contributed by atoms with Gasteiger partial charge in [0.1, 0.15) is 11.4 Å². The van der Waals surface area contributed by atoms with Gasteiger partial charge in [-0.15, -0.1) is 0 Å². The summed E-state index contributed by atoms with van der Waals surface area (Å²) in [5.74, 6) is -1.03. The van der Waals surface area contributed by atoms with Gasteiger partial charge in [0, 0.05) is 17.8 Å². The van der Waals surface area contributed by atoms with E-state index in [4.69, 9.17) is 17.5 Å². The fourth-order valence-electron chi connectivity index (χ4n) is 3.95. The van der Waals surface area contributed by atoms with Crippen LogP contribution in [-0.2, 0) is 17.5 Å². The summed E-state index contributed by atoms with van der Waals surface area (Å²) in [6.07, 6.45) is -4.79. The Morgan fingerprint density at radius 2 is 1.71 bits per heavy atom. The van der Waals surface area contributed by atoms with Crippen LogP contribution >= 0.6 is 12.2 Å². The van der Waals surface area contributed by atoms with E-state index in [1.54, 1.807) is 26.0 Å². The zero-order chi connectivity index (χ0) is 25.4. The molecule has 180 valence electrons. The molecule has 0 atom stereocenters. The van der Waals surface area contributed by atoms with E-state index >= 15 is 0 Å². The van der Waals surface area contributed by atoms with Crippen LogP contribution in [0, 0.1) is 17.1 Å². The minimum absolute atomic E-state index is 0.0799. The molecule has 0 unspecified atom stereocenters. The number of amides is 1. The molecule has 1 heterocycles. The van der Waals surface area contributed by atoms with Crippen molar-refractivity contribution in [3.63, 3.8) is 0 Å². The molecule has 0 bridgehead atoms. The number of anilines is 2. The maximum Gasteiger partial charge on any atom is 0.417 e. The lowest BCUT2D eigenvalue weighted by Gasteiger charge is -2.30. The van der Waals surface area contributed by atoms with E-state index in [1.165, 1.54) is 23.1 Å². The van der Waals surface area contributed by atoms with Crippen LogP contribution in [0.1, 0.15) is 44.4 Å². The monoisotopic (exact) mass is 492 g/mol. The molecule has 0 aromatic heterocycles. The summed E-state index contributed by atoms with van der Waals surface area (Å²) in [6, 6.07) is 9.04. The summed E-state index contributed by atoms with van der Waals surface area (Å²) in [5, 5.41) is 8.97. The van der Waals surface area contributed by atoms with Crippen LogP contribution in [0.25, 0.3) is 0 Å². The maximum atomic E-state index is 14.9. The first-order chi connectivity index (χ1) is 15.9. The van der Waals surface area contributed by atoms with Crippen LogP contribution < -0.4 is 9.80 Å². The van der Waals surface area contributed by atoms with Crippen molar-refractivity contribution in [3.05, 3.63) is 58.9 Å². The Hall–Kier alpha value is -3.03. The third-order valence-corrected chi connectivity index (χ3v) is 6.30. The Kier molecular flexibility index (Phi) is 7.01. The van der Waals surface area contributed by atoms with E-state index in [0.717, 1.165) is 30.1 Å². The molecule has 10 heteroatoms. The van der Waals surface area contributed by atoms with Crippen LogP contribution in [0.15, 0.2) is 36.4 Å². The molecule has 1 aliphatic rings. The van der Waals surface area contributed by atoms with E-state index in [2.05, 4.69) is 4.90 Å². The number of rotatable bonds is 6. The molecule has 0 radical (unpaired) electrons. The van der Waals surface area contributed by atoms with Gasteiger partial charge in [-0.2, -0.15) is 18.4 Å². The number of nitrogens with zero attached hydrogens (tertiary/aromatic N) is 4. The van der Waals surface area contributed by atoms with Crippen LogP contribution in [0.2, 0.25) is 0 Å². The molecule has 0 N–H and O–H groups in total.